The maximum absolute atomic E-state index is 10.4. The molecule has 4 atom stereocenters. The Labute approximate surface area is 117 Å². The van der Waals surface area contributed by atoms with Crippen molar-refractivity contribution in [3.8, 4) is 0 Å². The van der Waals surface area contributed by atoms with Crippen LogP contribution in [0.15, 0.2) is 18.2 Å². The van der Waals surface area contributed by atoms with E-state index in [0.29, 0.717) is 22.6 Å². The molecule has 2 nitrogen and oxygen atoms in total. The van der Waals surface area contributed by atoms with Gasteiger partial charge in [-0.05, 0) is 30.9 Å². The lowest BCUT2D eigenvalue weighted by Gasteiger charge is -2.24. The highest BCUT2D eigenvalue weighted by Crippen LogP contribution is 2.41. The van der Waals surface area contributed by atoms with E-state index in [1.54, 1.807) is 6.07 Å². The molecule has 98 valence electrons. The molecule has 2 aliphatic rings. The van der Waals surface area contributed by atoms with Gasteiger partial charge in [-0.25, -0.2) is 0 Å². The van der Waals surface area contributed by atoms with Crippen LogP contribution >= 0.6 is 23.2 Å². The molecule has 0 aromatic heterocycles. The Morgan fingerprint density at radius 1 is 1.33 bits per heavy atom. The second-order valence-corrected chi connectivity index (χ2v) is 6.04. The van der Waals surface area contributed by atoms with Crippen molar-refractivity contribution in [1.29, 1.82) is 0 Å². The Hall–Kier alpha value is -0.280. The van der Waals surface area contributed by atoms with Crippen molar-refractivity contribution < 1.29 is 9.84 Å². The van der Waals surface area contributed by atoms with Gasteiger partial charge in [0.25, 0.3) is 0 Å². The number of rotatable bonds is 3. The van der Waals surface area contributed by atoms with E-state index in [1.807, 2.05) is 12.1 Å². The number of aliphatic hydroxyl groups excluding tert-OH is 1. The lowest BCUT2D eigenvalue weighted by Crippen LogP contribution is -2.31. The number of ether oxygens (including phenoxy) is 1. The minimum Gasteiger partial charge on any atom is -0.392 e. The molecule has 1 N–H and O–H groups in total. The molecule has 4 heteroatoms. The molecular formula is C14H16Cl2O2. The fraction of sp³-hybridized carbons (Fsp3) is 0.571. The van der Waals surface area contributed by atoms with Gasteiger partial charge in [-0.1, -0.05) is 35.3 Å². The zero-order chi connectivity index (χ0) is 12.7. The second-order valence-electron chi connectivity index (χ2n) is 5.26. The summed E-state index contributed by atoms with van der Waals surface area (Å²) in [6, 6.07) is 5.56. The number of hydrogen-bond acceptors (Lipinski definition) is 2. The number of fused-ring (bicyclic) bond motifs is 2. The highest BCUT2D eigenvalue weighted by molar-refractivity contribution is 6.42. The lowest BCUT2D eigenvalue weighted by molar-refractivity contribution is 0.0432. The van der Waals surface area contributed by atoms with Crippen LogP contribution in [-0.2, 0) is 11.2 Å². The van der Waals surface area contributed by atoms with Gasteiger partial charge in [-0.3, -0.25) is 0 Å². The fourth-order valence-electron chi connectivity index (χ4n) is 3.16. The van der Waals surface area contributed by atoms with Crippen molar-refractivity contribution in [2.75, 3.05) is 0 Å². The molecule has 4 unspecified atom stereocenters. The normalized spacial score (nSPS) is 31.8. The van der Waals surface area contributed by atoms with E-state index in [1.165, 1.54) is 0 Å². The fourth-order valence-corrected chi connectivity index (χ4v) is 3.56. The first-order valence-electron chi connectivity index (χ1n) is 6.41. The molecule has 1 aromatic rings. The van der Waals surface area contributed by atoms with Crippen LogP contribution < -0.4 is 0 Å². The molecule has 0 spiro atoms. The van der Waals surface area contributed by atoms with Gasteiger partial charge in [0.2, 0.25) is 0 Å². The summed E-state index contributed by atoms with van der Waals surface area (Å²) >= 11 is 12.1. The zero-order valence-corrected chi connectivity index (χ0v) is 11.5. The van der Waals surface area contributed by atoms with Crippen molar-refractivity contribution in [1.82, 2.24) is 0 Å². The third-order valence-electron chi connectivity index (χ3n) is 4.11. The van der Waals surface area contributed by atoms with Gasteiger partial charge in [0.1, 0.15) is 0 Å². The third kappa shape index (κ3) is 2.27. The first-order chi connectivity index (χ1) is 8.65. The van der Waals surface area contributed by atoms with Gasteiger partial charge < -0.3 is 9.84 Å². The maximum atomic E-state index is 10.4. The summed E-state index contributed by atoms with van der Waals surface area (Å²) in [5, 5.41) is 11.5. The van der Waals surface area contributed by atoms with Crippen molar-refractivity contribution >= 4 is 23.2 Å². The summed E-state index contributed by atoms with van der Waals surface area (Å²) in [7, 11) is 0. The highest BCUT2D eigenvalue weighted by atomic mass is 35.5. The van der Waals surface area contributed by atoms with Gasteiger partial charge in [-0.2, -0.15) is 0 Å². The van der Waals surface area contributed by atoms with E-state index >= 15 is 0 Å². The highest BCUT2D eigenvalue weighted by Gasteiger charge is 2.43. The largest absolute Gasteiger partial charge is 0.392 e. The summed E-state index contributed by atoms with van der Waals surface area (Å²) in [4.78, 5) is 0. The number of hydrogen-bond donors (Lipinski definition) is 1. The van der Waals surface area contributed by atoms with E-state index < -0.39 is 6.10 Å². The van der Waals surface area contributed by atoms with Gasteiger partial charge in [0.15, 0.2) is 0 Å². The Morgan fingerprint density at radius 3 is 2.83 bits per heavy atom. The summed E-state index contributed by atoms with van der Waals surface area (Å²) in [6.45, 7) is 0. The summed E-state index contributed by atoms with van der Waals surface area (Å²) < 4.78 is 5.78. The molecule has 2 saturated heterocycles. The van der Waals surface area contributed by atoms with Crippen LogP contribution in [0, 0.1) is 5.92 Å². The van der Waals surface area contributed by atoms with E-state index in [0.717, 1.165) is 24.8 Å². The maximum Gasteiger partial charge on any atom is 0.0634 e. The number of halogens is 2. The van der Waals surface area contributed by atoms with Gasteiger partial charge in [0.05, 0.1) is 28.4 Å². The minimum atomic E-state index is -0.392. The molecule has 0 radical (unpaired) electrons. The van der Waals surface area contributed by atoms with Crippen molar-refractivity contribution in [2.45, 2.75) is 44.0 Å². The van der Waals surface area contributed by atoms with Gasteiger partial charge in [-0.15, -0.1) is 0 Å². The first-order valence-corrected chi connectivity index (χ1v) is 7.17. The van der Waals surface area contributed by atoms with Crippen molar-refractivity contribution in [3.05, 3.63) is 33.8 Å². The summed E-state index contributed by atoms with van der Waals surface area (Å²) in [6.07, 6.45) is 3.96. The monoisotopic (exact) mass is 286 g/mol. The smallest absolute Gasteiger partial charge is 0.0634 e. The topological polar surface area (TPSA) is 29.5 Å². The zero-order valence-electron chi connectivity index (χ0n) is 9.98. The SMILES string of the molecule is OC(Cc1cccc(Cl)c1Cl)C1CC2CCC1O2. The molecule has 0 saturated carbocycles. The molecule has 18 heavy (non-hydrogen) atoms. The van der Waals surface area contributed by atoms with Gasteiger partial charge in [0, 0.05) is 12.3 Å². The van der Waals surface area contributed by atoms with Crippen LogP contribution in [-0.4, -0.2) is 23.4 Å². The molecule has 1 aromatic carbocycles. The van der Waals surface area contributed by atoms with E-state index in [9.17, 15) is 5.11 Å². The number of aliphatic hydroxyl groups is 1. The summed E-state index contributed by atoms with van der Waals surface area (Å²) in [5.41, 5.74) is 0.916. The molecule has 2 aliphatic heterocycles. The van der Waals surface area contributed by atoms with E-state index in [4.69, 9.17) is 27.9 Å². The molecular weight excluding hydrogens is 271 g/mol. The molecule has 2 fully saturated rings. The standard InChI is InChI=1S/C14H16Cl2O2/c15-11-3-1-2-8(14(11)16)6-12(17)10-7-9-4-5-13(10)18-9/h1-3,9-10,12-13,17H,4-7H2. The number of benzene rings is 1. The van der Waals surface area contributed by atoms with Crippen LogP contribution in [0.4, 0.5) is 0 Å². The predicted octanol–water partition coefficient (Wildman–Crippen LogP) is 3.46. The molecule has 0 amide bonds. The van der Waals surface area contributed by atoms with Crippen LogP contribution in [0.3, 0.4) is 0 Å². The second kappa shape index (κ2) is 5.01. The Balaban J connectivity index is 1.71. The van der Waals surface area contributed by atoms with E-state index in [-0.39, 0.29) is 12.0 Å². The minimum absolute atomic E-state index is 0.239. The Kier molecular flexibility index (Phi) is 3.55. The Morgan fingerprint density at radius 2 is 2.17 bits per heavy atom. The predicted molar refractivity (Wildman–Crippen MR) is 72.2 cm³/mol. The van der Waals surface area contributed by atoms with Gasteiger partial charge >= 0.3 is 0 Å². The van der Waals surface area contributed by atoms with Crippen molar-refractivity contribution in [2.24, 2.45) is 5.92 Å². The van der Waals surface area contributed by atoms with Crippen LogP contribution in [0.1, 0.15) is 24.8 Å². The Bertz CT molecular complexity index is 449. The van der Waals surface area contributed by atoms with Crippen LogP contribution in [0.25, 0.3) is 0 Å². The average molecular weight is 287 g/mol. The molecule has 2 bridgehead atoms. The molecule has 2 heterocycles. The first kappa shape index (κ1) is 12.7. The van der Waals surface area contributed by atoms with Crippen LogP contribution in [0.5, 0.6) is 0 Å². The lowest BCUT2D eigenvalue weighted by atomic mass is 9.83. The molecule has 0 aliphatic carbocycles. The average Bonchev–Trinajstić information content (AvgIpc) is 2.97. The van der Waals surface area contributed by atoms with Crippen LogP contribution in [0.2, 0.25) is 10.0 Å². The third-order valence-corrected chi connectivity index (χ3v) is 4.97. The quantitative estimate of drug-likeness (QED) is 0.922. The molecule has 3 rings (SSSR count). The van der Waals surface area contributed by atoms with E-state index in [2.05, 4.69) is 0 Å². The summed E-state index contributed by atoms with van der Waals surface area (Å²) in [5.74, 6) is 0.249. The van der Waals surface area contributed by atoms with Crippen molar-refractivity contribution in [3.63, 3.8) is 0 Å².